The fourth-order valence-corrected chi connectivity index (χ4v) is 4.35. The number of rotatable bonds is 6. The Hall–Kier alpha value is -2.88. The van der Waals surface area contributed by atoms with Crippen molar-refractivity contribution in [2.24, 2.45) is 11.7 Å². The van der Waals surface area contributed by atoms with Crippen molar-refractivity contribution in [3.8, 4) is 0 Å². The normalized spacial score (nSPS) is 17.5. The quantitative estimate of drug-likeness (QED) is 0.412. The Morgan fingerprint density at radius 1 is 1.36 bits per heavy atom. The number of nitro benzene ring substituents is 1. The highest BCUT2D eigenvalue weighted by atomic mass is 32.2. The molecule has 0 aliphatic carbocycles. The van der Waals surface area contributed by atoms with Gasteiger partial charge in [0.15, 0.2) is 9.84 Å². The summed E-state index contributed by atoms with van der Waals surface area (Å²) >= 11 is 0. The van der Waals surface area contributed by atoms with Gasteiger partial charge in [-0.05, 0) is 12.8 Å². The number of dihydropyridines is 1. The van der Waals surface area contributed by atoms with Gasteiger partial charge >= 0.3 is 5.97 Å². The molecule has 28 heavy (non-hydrogen) atoms. The van der Waals surface area contributed by atoms with Crippen LogP contribution in [0.5, 0.6) is 0 Å². The zero-order valence-corrected chi connectivity index (χ0v) is 16.9. The molecule has 9 nitrogen and oxygen atoms in total. The van der Waals surface area contributed by atoms with Crippen LogP contribution in [0.15, 0.2) is 46.3 Å². The van der Waals surface area contributed by atoms with Gasteiger partial charge in [0.1, 0.15) is 5.82 Å². The van der Waals surface area contributed by atoms with E-state index in [9.17, 15) is 23.3 Å². The van der Waals surface area contributed by atoms with E-state index < -0.39 is 26.6 Å². The number of ether oxygens (including phenoxy) is 1. The number of allylic oxidation sites excluding steroid dienone is 2. The molecule has 1 atom stereocenters. The van der Waals surface area contributed by atoms with Crippen molar-refractivity contribution >= 4 is 21.5 Å². The predicted molar refractivity (Wildman–Crippen MR) is 104 cm³/mol. The number of carbonyl (C=O) groups is 1. The topological polar surface area (TPSA) is 142 Å². The molecule has 0 aromatic heterocycles. The van der Waals surface area contributed by atoms with E-state index in [1.165, 1.54) is 31.2 Å². The highest BCUT2D eigenvalue weighted by Gasteiger charge is 2.41. The lowest BCUT2D eigenvalue weighted by Gasteiger charge is -2.30. The van der Waals surface area contributed by atoms with E-state index in [2.05, 4.69) is 5.32 Å². The van der Waals surface area contributed by atoms with Crippen LogP contribution < -0.4 is 11.1 Å². The fraction of sp³-hybridized carbons (Fsp3) is 0.389. The van der Waals surface area contributed by atoms with Gasteiger partial charge in [0.2, 0.25) is 0 Å². The number of nitro groups is 1. The second-order valence-electron chi connectivity index (χ2n) is 6.96. The summed E-state index contributed by atoms with van der Waals surface area (Å²) in [5.41, 5.74) is 5.77. The molecule has 10 heteroatoms. The van der Waals surface area contributed by atoms with E-state index >= 15 is 0 Å². The Balaban J connectivity index is 2.75. The van der Waals surface area contributed by atoms with Crippen LogP contribution in [0, 0.1) is 16.0 Å². The number of esters is 1. The molecular formula is C18H23N3O6S. The third-order valence-corrected chi connectivity index (χ3v) is 5.49. The van der Waals surface area contributed by atoms with E-state index in [4.69, 9.17) is 10.5 Å². The monoisotopic (exact) mass is 409 g/mol. The number of nitrogens with zero attached hydrogens (tertiary/aromatic N) is 1. The molecule has 2 rings (SSSR count). The van der Waals surface area contributed by atoms with E-state index in [-0.39, 0.29) is 45.8 Å². The summed E-state index contributed by atoms with van der Waals surface area (Å²) in [5.74, 6) is -2.13. The molecule has 3 N–H and O–H groups in total. The smallest absolute Gasteiger partial charge is 0.338 e. The summed E-state index contributed by atoms with van der Waals surface area (Å²) < 4.78 is 30.3. The molecular weight excluding hydrogens is 386 g/mol. The van der Waals surface area contributed by atoms with Crippen molar-refractivity contribution in [3.63, 3.8) is 0 Å². The van der Waals surface area contributed by atoms with Crippen LogP contribution in [0.4, 0.5) is 5.69 Å². The van der Waals surface area contributed by atoms with Gasteiger partial charge in [0, 0.05) is 23.6 Å². The van der Waals surface area contributed by atoms with Crippen LogP contribution in [0.25, 0.3) is 0 Å². The Kier molecular flexibility index (Phi) is 6.13. The molecule has 1 aromatic rings. The van der Waals surface area contributed by atoms with Gasteiger partial charge in [-0.2, -0.15) is 0 Å². The first kappa shape index (κ1) is 21.4. The van der Waals surface area contributed by atoms with Crippen molar-refractivity contribution in [2.45, 2.75) is 26.7 Å². The number of nitrogens with two attached hydrogens (primary N) is 1. The Labute approximate surface area is 163 Å². The first-order valence-corrected chi connectivity index (χ1v) is 10.4. The summed E-state index contributed by atoms with van der Waals surface area (Å²) in [6.45, 7) is 5.27. The van der Waals surface area contributed by atoms with Crippen LogP contribution in [0.3, 0.4) is 0 Å². The van der Waals surface area contributed by atoms with E-state index in [0.717, 1.165) is 6.26 Å². The summed E-state index contributed by atoms with van der Waals surface area (Å²) in [6.07, 6.45) is 0.980. The minimum absolute atomic E-state index is 0.0403. The van der Waals surface area contributed by atoms with Crippen LogP contribution in [0.2, 0.25) is 0 Å². The third kappa shape index (κ3) is 4.33. The lowest BCUT2D eigenvalue weighted by atomic mass is 9.86. The Morgan fingerprint density at radius 2 is 1.96 bits per heavy atom. The number of sulfone groups is 1. The fourth-order valence-electron chi connectivity index (χ4n) is 3.07. The average molecular weight is 409 g/mol. The van der Waals surface area contributed by atoms with Crippen LogP contribution in [-0.2, 0) is 19.4 Å². The lowest BCUT2D eigenvalue weighted by molar-refractivity contribution is -0.385. The van der Waals surface area contributed by atoms with Crippen LogP contribution in [0.1, 0.15) is 32.3 Å². The number of para-hydroxylation sites is 1. The molecule has 0 radical (unpaired) electrons. The van der Waals surface area contributed by atoms with E-state index in [0.29, 0.717) is 0 Å². The van der Waals surface area contributed by atoms with Gasteiger partial charge < -0.3 is 15.8 Å². The molecule has 1 aliphatic rings. The van der Waals surface area contributed by atoms with E-state index in [1.807, 2.05) is 13.8 Å². The van der Waals surface area contributed by atoms with Gasteiger partial charge in [-0.3, -0.25) is 10.1 Å². The minimum atomic E-state index is -3.84. The van der Waals surface area contributed by atoms with Crippen molar-refractivity contribution in [2.75, 3.05) is 12.9 Å². The largest absolute Gasteiger partial charge is 0.462 e. The van der Waals surface area contributed by atoms with Crippen molar-refractivity contribution in [1.82, 2.24) is 5.32 Å². The van der Waals surface area contributed by atoms with Crippen molar-refractivity contribution < 1.29 is 22.9 Å². The summed E-state index contributed by atoms with van der Waals surface area (Å²) in [6, 6.07) is 5.66. The molecule has 0 spiro atoms. The highest BCUT2D eigenvalue weighted by molar-refractivity contribution is 7.94. The summed E-state index contributed by atoms with van der Waals surface area (Å²) in [7, 11) is -3.84. The summed E-state index contributed by atoms with van der Waals surface area (Å²) in [5, 5.41) is 14.2. The van der Waals surface area contributed by atoms with Crippen molar-refractivity contribution in [1.29, 1.82) is 0 Å². The van der Waals surface area contributed by atoms with Gasteiger partial charge in [-0.25, -0.2) is 13.2 Å². The first-order valence-electron chi connectivity index (χ1n) is 8.53. The molecule has 0 amide bonds. The SMILES string of the molecule is CC1=C(S(C)(=O)=O)C(c2ccccc2[N+](=O)[O-])C(C(=O)OCC(C)C)=C(N)N1. The maximum atomic E-state index is 12.8. The predicted octanol–water partition coefficient (Wildman–Crippen LogP) is 1.93. The van der Waals surface area contributed by atoms with Crippen LogP contribution >= 0.6 is 0 Å². The lowest BCUT2D eigenvalue weighted by Crippen LogP contribution is -2.36. The van der Waals surface area contributed by atoms with E-state index in [1.54, 1.807) is 0 Å². The molecule has 0 saturated heterocycles. The Morgan fingerprint density at radius 3 is 2.50 bits per heavy atom. The number of nitrogens with one attached hydrogen (secondary N) is 1. The van der Waals surface area contributed by atoms with Gasteiger partial charge in [-0.15, -0.1) is 0 Å². The molecule has 0 bridgehead atoms. The second kappa shape index (κ2) is 8.01. The molecule has 152 valence electrons. The third-order valence-electron chi connectivity index (χ3n) is 4.14. The molecule has 1 aliphatic heterocycles. The Bertz CT molecular complexity index is 979. The van der Waals surface area contributed by atoms with Gasteiger partial charge in [0.25, 0.3) is 5.69 Å². The minimum Gasteiger partial charge on any atom is -0.462 e. The van der Waals surface area contributed by atoms with Gasteiger partial charge in [-0.1, -0.05) is 32.0 Å². The maximum absolute atomic E-state index is 12.8. The standard InChI is InChI=1S/C18H23N3O6S/c1-10(2)9-27-18(22)15-14(12-7-5-6-8-13(12)21(23)24)16(28(4,25)26)11(3)20-17(15)19/h5-8,10,14,20H,9,19H2,1-4H3. The number of hydrogen-bond acceptors (Lipinski definition) is 8. The molecule has 1 unspecified atom stereocenters. The van der Waals surface area contributed by atoms with Crippen molar-refractivity contribution in [3.05, 3.63) is 61.9 Å². The molecule has 0 fully saturated rings. The number of hydrogen-bond donors (Lipinski definition) is 2. The number of benzene rings is 1. The first-order chi connectivity index (χ1) is 12.9. The summed E-state index contributed by atoms with van der Waals surface area (Å²) in [4.78, 5) is 23.5. The molecule has 1 heterocycles. The number of carbonyl (C=O) groups excluding carboxylic acids is 1. The maximum Gasteiger partial charge on any atom is 0.338 e. The van der Waals surface area contributed by atoms with Crippen LogP contribution in [-0.4, -0.2) is 32.2 Å². The second-order valence-corrected chi connectivity index (χ2v) is 8.94. The molecule has 0 saturated carbocycles. The van der Waals surface area contributed by atoms with Gasteiger partial charge in [0.05, 0.1) is 27.9 Å². The average Bonchev–Trinajstić information content (AvgIpc) is 2.57. The highest BCUT2D eigenvalue weighted by Crippen LogP contribution is 2.43. The zero-order chi connectivity index (χ0) is 21.2. The zero-order valence-electron chi connectivity index (χ0n) is 16.1. The molecule has 1 aromatic carbocycles.